The number of carbonyl (C=O) groups is 2. The van der Waals surface area contributed by atoms with Crippen LogP contribution in [0, 0.1) is 0 Å². The summed E-state index contributed by atoms with van der Waals surface area (Å²) in [6, 6.07) is 2.55. The fourth-order valence-corrected chi connectivity index (χ4v) is 1.74. The van der Waals surface area contributed by atoms with E-state index >= 15 is 0 Å². The van der Waals surface area contributed by atoms with Gasteiger partial charge in [-0.1, -0.05) is 12.2 Å². The van der Waals surface area contributed by atoms with Crippen molar-refractivity contribution in [1.82, 2.24) is 5.32 Å². The molecule has 2 N–H and O–H groups in total. The Balaban J connectivity index is 2.96. The number of ether oxygens (including phenoxy) is 2. The van der Waals surface area contributed by atoms with Crippen LogP contribution >= 0.6 is 0 Å². The highest BCUT2D eigenvalue weighted by Gasteiger charge is 2.21. The van der Waals surface area contributed by atoms with E-state index in [1.807, 2.05) is 0 Å². The number of methoxy groups -OCH3 is 1. The third-order valence-electron chi connectivity index (χ3n) is 2.85. The van der Waals surface area contributed by atoms with Crippen molar-refractivity contribution in [1.29, 1.82) is 0 Å². The summed E-state index contributed by atoms with van der Waals surface area (Å²) in [6.07, 6.45) is 3.36. The highest BCUT2D eigenvalue weighted by Crippen LogP contribution is 2.29. The number of carboxylic acids is 1. The van der Waals surface area contributed by atoms with Gasteiger partial charge in [0, 0.05) is 5.56 Å². The first-order valence-electron chi connectivity index (χ1n) is 6.66. The fourth-order valence-electron chi connectivity index (χ4n) is 1.74. The molecule has 0 aromatic heterocycles. The molecule has 0 saturated carbocycles. The lowest BCUT2D eigenvalue weighted by atomic mass is 10.1. The number of carboxylic acid groups (broad SMARTS) is 1. The molecule has 1 rings (SSSR count). The second-order valence-electron chi connectivity index (χ2n) is 4.41. The van der Waals surface area contributed by atoms with Crippen molar-refractivity contribution >= 4 is 11.9 Å². The van der Waals surface area contributed by atoms with Crippen LogP contribution in [-0.4, -0.2) is 36.7 Å². The van der Waals surface area contributed by atoms with Gasteiger partial charge in [-0.25, -0.2) is 4.79 Å². The normalized spacial score (nSPS) is 12.2. The standard InChI is InChI=1S/C15H17F2NO5/c1-3-4-5-10(14(20)21)18-13(19)9-6-7-11(22-2)12(8-9)23-15(16)17/h3-4,6-8,10,15H,5H2,1-2H3,(H,18,19)(H,20,21)/b4-3+. The van der Waals surface area contributed by atoms with Crippen LogP contribution in [0.2, 0.25) is 0 Å². The van der Waals surface area contributed by atoms with Crippen LogP contribution < -0.4 is 14.8 Å². The number of amides is 1. The molecule has 0 aliphatic carbocycles. The summed E-state index contributed by atoms with van der Waals surface area (Å²) in [4.78, 5) is 23.2. The summed E-state index contributed by atoms with van der Waals surface area (Å²) in [7, 11) is 1.27. The largest absolute Gasteiger partial charge is 0.493 e. The van der Waals surface area contributed by atoms with Gasteiger partial charge in [-0.3, -0.25) is 4.79 Å². The molecular formula is C15H17F2NO5. The second kappa shape index (κ2) is 8.72. The molecule has 1 amide bonds. The number of halogens is 2. The molecule has 0 aliphatic rings. The minimum Gasteiger partial charge on any atom is -0.493 e. The van der Waals surface area contributed by atoms with Crippen molar-refractivity contribution in [3.05, 3.63) is 35.9 Å². The second-order valence-corrected chi connectivity index (χ2v) is 4.41. The number of nitrogens with one attached hydrogen (secondary N) is 1. The Hall–Kier alpha value is -2.64. The fraction of sp³-hybridized carbons (Fsp3) is 0.333. The van der Waals surface area contributed by atoms with E-state index in [9.17, 15) is 18.4 Å². The molecule has 0 saturated heterocycles. The molecule has 0 heterocycles. The molecule has 1 aromatic carbocycles. The average Bonchev–Trinajstić information content (AvgIpc) is 2.50. The van der Waals surface area contributed by atoms with E-state index in [4.69, 9.17) is 9.84 Å². The van der Waals surface area contributed by atoms with E-state index in [0.717, 1.165) is 6.07 Å². The lowest BCUT2D eigenvalue weighted by Gasteiger charge is -2.14. The van der Waals surface area contributed by atoms with Crippen molar-refractivity contribution in [3.8, 4) is 11.5 Å². The summed E-state index contributed by atoms with van der Waals surface area (Å²) in [5.74, 6) is -2.20. The third kappa shape index (κ3) is 5.57. The number of carbonyl (C=O) groups excluding carboxylic acids is 1. The van der Waals surface area contributed by atoms with Crippen LogP contribution in [0.3, 0.4) is 0 Å². The zero-order chi connectivity index (χ0) is 17.4. The van der Waals surface area contributed by atoms with Gasteiger partial charge in [-0.15, -0.1) is 0 Å². The van der Waals surface area contributed by atoms with Crippen molar-refractivity contribution < 1.29 is 33.0 Å². The summed E-state index contributed by atoms with van der Waals surface area (Å²) >= 11 is 0. The lowest BCUT2D eigenvalue weighted by molar-refractivity contribution is -0.139. The number of aliphatic carboxylic acids is 1. The first kappa shape index (κ1) is 18.4. The third-order valence-corrected chi connectivity index (χ3v) is 2.85. The highest BCUT2D eigenvalue weighted by atomic mass is 19.3. The van der Waals surface area contributed by atoms with E-state index in [1.54, 1.807) is 19.1 Å². The number of allylic oxidation sites excluding steroid dienone is 1. The van der Waals surface area contributed by atoms with Crippen LogP contribution in [0.1, 0.15) is 23.7 Å². The van der Waals surface area contributed by atoms with Gasteiger partial charge < -0.3 is 19.9 Å². The highest BCUT2D eigenvalue weighted by molar-refractivity contribution is 5.97. The van der Waals surface area contributed by atoms with Crippen LogP contribution in [0.15, 0.2) is 30.4 Å². The van der Waals surface area contributed by atoms with Gasteiger partial charge in [0.15, 0.2) is 11.5 Å². The summed E-state index contributed by atoms with van der Waals surface area (Å²) in [5, 5.41) is 11.4. The Bertz CT molecular complexity index is 589. The van der Waals surface area contributed by atoms with E-state index < -0.39 is 24.5 Å². The quantitative estimate of drug-likeness (QED) is 0.716. The molecular weight excluding hydrogens is 312 g/mol. The molecule has 0 radical (unpaired) electrons. The minimum atomic E-state index is -3.08. The minimum absolute atomic E-state index is 0.0202. The Morgan fingerprint density at radius 1 is 1.35 bits per heavy atom. The zero-order valence-electron chi connectivity index (χ0n) is 12.6. The summed E-state index contributed by atoms with van der Waals surface area (Å²) in [6.45, 7) is -1.36. The van der Waals surface area contributed by atoms with Crippen LogP contribution in [-0.2, 0) is 4.79 Å². The summed E-state index contributed by atoms with van der Waals surface area (Å²) < 4.78 is 33.9. The monoisotopic (exact) mass is 329 g/mol. The molecule has 0 spiro atoms. The van der Waals surface area contributed by atoms with Crippen molar-refractivity contribution in [2.45, 2.75) is 26.0 Å². The average molecular weight is 329 g/mol. The van der Waals surface area contributed by atoms with E-state index in [0.29, 0.717) is 0 Å². The first-order valence-corrected chi connectivity index (χ1v) is 6.66. The van der Waals surface area contributed by atoms with Gasteiger partial charge in [0.25, 0.3) is 5.91 Å². The molecule has 1 unspecified atom stereocenters. The number of hydrogen-bond donors (Lipinski definition) is 2. The molecule has 23 heavy (non-hydrogen) atoms. The Labute approximate surface area is 131 Å². The first-order chi connectivity index (χ1) is 10.9. The zero-order valence-corrected chi connectivity index (χ0v) is 12.6. The molecule has 126 valence electrons. The van der Waals surface area contributed by atoms with Crippen molar-refractivity contribution in [2.75, 3.05) is 7.11 Å². The molecule has 1 atom stereocenters. The molecule has 0 aliphatic heterocycles. The van der Waals surface area contributed by atoms with Gasteiger partial charge in [0.2, 0.25) is 0 Å². The lowest BCUT2D eigenvalue weighted by Crippen LogP contribution is -2.40. The molecule has 1 aromatic rings. The maximum atomic E-state index is 12.4. The van der Waals surface area contributed by atoms with Gasteiger partial charge in [0.1, 0.15) is 6.04 Å². The molecule has 0 bridgehead atoms. The van der Waals surface area contributed by atoms with E-state index in [1.165, 1.54) is 19.2 Å². The molecule has 6 nitrogen and oxygen atoms in total. The summed E-state index contributed by atoms with van der Waals surface area (Å²) in [5.41, 5.74) is -0.0202. The van der Waals surface area contributed by atoms with E-state index in [2.05, 4.69) is 10.1 Å². The topological polar surface area (TPSA) is 84.9 Å². The maximum Gasteiger partial charge on any atom is 0.387 e. The predicted octanol–water partition coefficient (Wildman–Crippen LogP) is 2.45. The maximum absolute atomic E-state index is 12.4. The van der Waals surface area contributed by atoms with Gasteiger partial charge in [0.05, 0.1) is 7.11 Å². The van der Waals surface area contributed by atoms with Gasteiger partial charge in [-0.05, 0) is 31.5 Å². The smallest absolute Gasteiger partial charge is 0.387 e. The number of hydrogen-bond acceptors (Lipinski definition) is 4. The molecule has 0 fully saturated rings. The number of rotatable bonds is 8. The Morgan fingerprint density at radius 2 is 2.04 bits per heavy atom. The van der Waals surface area contributed by atoms with Gasteiger partial charge >= 0.3 is 12.6 Å². The number of benzene rings is 1. The van der Waals surface area contributed by atoms with Gasteiger partial charge in [-0.2, -0.15) is 8.78 Å². The SMILES string of the molecule is C/C=C/CC(NC(=O)c1ccc(OC)c(OC(F)F)c1)C(=O)O. The Morgan fingerprint density at radius 3 is 2.57 bits per heavy atom. The van der Waals surface area contributed by atoms with E-state index in [-0.39, 0.29) is 23.5 Å². The Kier molecular flexibility index (Phi) is 6.98. The van der Waals surface area contributed by atoms with Crippen LogP contribution in [0.5, 0.6) is 11.5 Å². The molecule has 8 heteroatoms. The van der Waals surface area contributed by atoms with Crippen molar-refractivity contribution in [2.24, 2.45) is 0 Å². The van der Waals surface area contributed by atoms with Crippen molar-refractivity contribution in [3.63, 3.8) is 0 Å². The van der Waals surface area contributed by atoms with Crippen LogP contribution in [0.4, 0.5) is 8.78 Å². The predicted molar refractivity (Wildman–Crippen MR) is 77.9 cm³/mol. The van der Waals surface area contributed by atoms with Crippen LogP contribution in [0.25, 0.3) is 0 Å². The number of alkyl halides is 2.